The van der Waals surface area contributed by atoms with Gasteiger partial charge >= 0.3 is 0 Å². The van der Waals surface area contributed by atoms with Crippen LogP contribution in [0.15, 0.2) is 6.20 Å². The van der Waals surface area contributed by atoms with Gasteiger partial charge in [0.15, 0.2) is 5.69 Å². The molecule has 0 spiro atoms. The summed E-state index contributed by atoms with van der Waals surface area (Å²) in [5.74, 6) is -0.303. The first kappa shape index (κ1) is 14.0. The van der Waals surface area contributed by atoms with Crippen molar-refractivity contribution < 1.29 is 9.90 Å². The normalized spacial score (nSPS) is 17.4. The Labute approximate surface area is 112 Å². The first-order valence-electron chi connectivity index (χ1n) is 6.59. The van der Waals surface area contributed by atoms with E-state index in [1.165, 1.54) is 0 Å². The molecule has 19 heavy (non-hydrogen) atoms. The minimum atomic E-state index is -0.930. The van der Waals surface area contributed by atoms with Crippen LogP contribution in [-0.2, 0) is 0 Å². The number of hydrogen-bond donors (Lipinski definition) is 3. The molecule has 7 heteroatoms. The Kier molecular flexibility index (Phi) is 4.16. The minimum Gasteiger partial charge on any atom is -0.389 e. The summed E-state index contributed by atoms with van der Waals surface area (Å²) in [6, 6.07) is 0.310. The van der Waals surface area contributed by atoms with Crippen LogP contribution >= 0.6 is 0 Å². The van der Waals surface area contributed by atoms with E-state index < -0.39 is 5.60 Å². The van der Waals surface area contributed by atoms with E-state index >= 15 is 0 Å². The van der Waals surface area contributed by atoms with Crippen LogP contribution in [0, 0.1) is 0 Å². The Bertz CT molecular complexity index is 432. The zero-order valence-corrected chi connectivity index (χ0v) is 11.4. The second kappa shape index (κ2) is 5.66. The van der Waals surface area contributed by atoms with Crippen LogP contribution in [0.1, 0.15) is 43.2 Å². The molecule has 0 atom stereocenters. The second-order valence-corrected chi connectivity index (χ2v) is 5.56. The number of carbonyl (C=O) groups excluding carboxylic acids is 1. The monoisotopic (exact) mass is 267 g/mol. The highest BCUT2D eigenvalue weighted by atomic mass is 16.3. The molecule has 1 aromatic heterocycles. The molecule has 1 aromatic rings. The molecule has 0 radical (unpaired) electrons. The van der Waals surface area contributed by atoms with Gasteiger partial charge in [-0.1, -0.05) is 5.21 Å². The molecule has 1 saturated heterocycles. The molecule has 106 valence electrons. The highest BCUT2D eigenvalue weighted by Crippen LogP contribution is 2.16. The van der Waals surface area contributed by atoms with Gasteiger partial charge in [-0.05, 0) is 39.8 Å². The number of hydrogen-bond acceptors (Lipinski definition) is 5. The summed E-state index contributed by atoms with van der Waals surface area (Å²) in [5, 5.41) is 23.4. The maximum absolute atomic E-state index is 11.8. The van der Waals surface area contributed by atoms with E-state index in [0.29, 0.717) is 11.7 Å². The molecular weight excluding hydrogens is 246 g/mol. The molecule has 2 rings (SSSR count). The second-order valence-electron chi connectivity index (χ2n) is 5.56. The summed E-state index contributed by atoms with van der Waals surface area (Å²) in [4.78, 5) is 11.8. The Hall–Kier alpha value is -1.47. The lowest BCUT2D eigenvalue weighted by Crippen LogP contribution is -2.38. The van der Waals surface area contributed by atoms with Crippen LogP contribution in [-0.4, -0.2) is 51.2 Å². The molecule has 1 aliphatic heterocycles. The predicted molar refractivity (Wildman–Crippen MR) is 69.8 cm³/mol. The van der Waals surface area contributed by atoms with Gasteiger partial charge in [-0.2, -0.15) is 0 Å². The van der Waals surface area contributed by atoms with Crippen LogP contribution in [0.4, 0.5) is 0 Å². The maximum Gasteiger partial charge on any atom is 0.273 e. The van der Waals surface area contributed by atoms with Crippen molar-refractivity contribution in [3.05, 3.63) is 11.9 Å². The van der Waals surface area contributed by atoms with Crippen molar-refractivity contribution in [3.63, 3.8) is 0 Å². The molecule has 0 unspecified atom stereocenters. The number of nitrogens with one attached hydrogen (secondary N) is 2. The Morgan fingerprint density at radius 1 is 1.58 bits per heavy atom. The summed E-state index contributed by atoms with van der Waals surface area (Å²) in [6.07, 6.45) is 3.66. The number of rotatable bonds is 4. The predicted octanol–water partition coefficient (Wildman–Crippen LogP) is -0.297. The van der Waals surface area contributed by atoms with Crippen molar-refractivity contribution in [3.8, 4) is 0 Å². The van der Waals surface area contributed by atoms with E-state index in [1.54, 1.807) is 24.7 Å². The lowest BCUT2D eigenvalue weighted by atomic mass is 10.1. The van der Waals surface area contributed by atoms with E-state index in [0.717, 1.165) is 25.9 Å². The van der Waals surface area contributed by atoms with Crippen LogP contribution in [0.2, 0.25) is 0 Å². The topological polar surface area (TPSA) is 92.1 Å². The summed E-state index contributed by atoms with van der Waals surface area (Å²) in [5.41, 5.74) is -0.636. The number of nitrogens with zero attached hydrogens (tertiary/aromatic N) is 3. The van der Waals surface area contributed by atoms with Gasteiger partial charge in [-0.25, -0.2) is 4.68 Å². The van der Waals surface area contributed by atoms with E-state index in [1.807, 2.05) is 0 Å². The van der Waals surface area contributed by atoms with Crippen LogP contribution in [0.3, 0.4) is 0 Å². The number of piperidine rings is 1. The Balaban J connectivity index is 1.94. The van der Waals surface area contributed by atoms with Gasteiger partial charge in [0, 0.05) is 6.54 Å². The fourth-order valence-corrected chi connectivity index (χ4v) is 2.02. The fourth-order valence-electron chi connectivity index (χ4n) is 2.02. The summed E-state index contributed by atoms with van der Waals surface area (Å²) < 4.78 is 1.76. The smallest absolute Gasteiger partial charge is 0.273 e. The average molecular weight is 267 g/mol. The molecule has 7 nitrogen and oxygen atoms in total. The minimum absolute atomic E-state index is 0.187. The first-order valence-corrected chi connectivity index (χ1v) is 6.59. The van der Waals surface area contributed by atoms with Crippen molar-refractivity contribution in [2.75, 3.05) is 19.6 Å². The maximum atomic E-state index is 11.8. The van der Waals surface area contributed by atoms with Gasteiger partial charge in [0.05, 0.1) is 17.8 Å². The SMILES string of the molecule is CC(C)(O)CNC(=O)c1cn(C2CCNCC2)nn1. The highest BCUT2D eigenvalue weighted by molar-refractivity contribution is 5.91. The lowest BCUT2D eigenvalue weighted by molar-refractivity contribution is 0.0692. The molecule has 1 amide bonds. The van der Waals surface area contributed by atoms with Crippen molar-refractivity contribution in [1.82, 2.24) is 25.6 Å². The van der Waals surface area contributed by atoms with Gasteiger partial charge in [0.1, 0.15) is 0 Å². The summed E-state index contributed by atoms with van der Waals surface area (Å²) in [6.45, 7) is 5.39. The summed E-state index contributed by atoms with van der Waals surface area (Å²) >= 11 is 0. The quantitative estimate of drug-likeness (QED) is 0.697. The Morgan fingerprint density at radius 2 is 2.26 bits per heavy atom. The van der Waals surface area contributed by atoms with Gasteiger partial charge in [-0.3, -0.25) is 4.79 Å². The van der Waals surface area contributed by atoms with Gasteiger partial charge in [0.2, 0.25) is 0 Å². The van der Waals surface area contributed by atoms with Gasteiger partial charge in [-0.15, -0.1) is 5.10 Å². The van der Waals surface area contributed by atoms with Crippen molar-refractivity contribution in [2.24, 2.45) is 0 Å². The zero-order valence-electron chi connectivity index (χ0n) is 11.4. The Morgan fingerprint density at radius 3 is 2.89 bits per heavy atom. The number of amides is 1. The molecule has 0 bridgehead atoms. The number of aliphatic hydroxyl groups is 1. The molecular formula is C12H21N5O2. The van der Waals surface area contributed by atoms with Crippen molar-refractivity contribution in [2.45, 2.75) is 38.3 Å². The van der Waals surface area contributed by atoms with Crippen LogP contribution < -0.4 is 10.6 Å². The zero-order chi connectivity index (χ0) is 13.9. The highest BCUT2D eigenvalue weighted by Gasteiger charge is 2.20. The number of carbonyl (C=O) groups is 1. The molecule has 0 aliphatic carbocycles. The standard InChI is InChI=1S/C12H21N5O2/c1-12(2,19)8-14-11(18)10-7-17(16-15-10)9-3-5-13-6-4-9/h7,9,13,19H,3-6,8H2,1-2H3,(H,14,18). The van der Waals surface area contributed by atoms with E-state index in [9.17, 15) is 9.90 Å². The third-order valence-corrected chi connectivity index (χ3v) is 3.11. The molecule has 1 fully saturated rings. The molecule has 0 aromatic carbocycles. The van der Waals surface area contributed by atoms with E-state index in [4.69, 9.17) is 0 Å². The molecule has 2 heterocycles. The average Bonchev–Trinajstić information content (AvgIpc) is 2.86. The largest absolute Gasteiger partial charge is 0.389 e. The van der Waals surface area contributed by atoms with Crippen molar-refractivity contribution in [1.29, 1.82) is 0 Å². The van der Waals surface area contributed by atoms with Gasteiger partial charge in [0.25, 0.3) is 5.91 Å². The third kappa shape index (κ3) is 4.00. The third-order valence-electron chi connectivity index (χ3n) is 3.11. The first-order chi connectivity index (χ1) is 8.96. The van der Waals surface area contributed by atoms with Crippen LogP contribution in [0.25, 0.3) is 0 Å². The summed E-state index contributed by atoms with van der Waals surface area (Å²) in [7, 11) is 0. The molecule has 1 aliphatic rings. The number of aromatic nitrogens is 3. The lowest BCUT2D eigenvalue weighted by Gasteiger charge is -2.22. The van der Waals surface area contributed by atoms with E-state index in [2.05, 4.69) is 20.9 Å². The fraction of sp³-hybridized carbons (Fsp3) is 0.750. The van der Waals surface area contributed by atoms with Crippen molar-refractivity contribution >= 4 is 5.91 Å². The van der Waals surface area contributed by atoms with Gasteiger partial charge < -0.3 is 15.7 Å². The molecule has 3 N–H and O–H groups in total. The van der Waals surface area contributed by atoms with E-state index in [-0.39, 0.29) is 12.5 Å². The molecule has 0 saturated carbocycles. The van der Waals surface area contributed by atoms with Crippen LogP contribution in [0.5, 0.6) is 0 Å².